The Bertz CT molecular complexity index is 505. The van der Waals surface area contributed by atoms with Gasteiger partial charge in [-0.05, 0) is 43.6 Å². The normalized spacial score (nSPS) is 21.3. The second-order valence-electron chi connectivity index (χ2n) is 6.17. The lowest BCUT2D eigenvalue weighted by molar-refractivity contribution is -0.148. The van der Waals surface area contributed by atoms with Gasteiger partial charge in [0.1, 0.15) is 5.75 Å². The Morgan fingerprint density at radius 3 is 2.41 bits per heavy atom. The summed E-state index contributed by atoms with van der Waals surface area (Å²) in [5, 5.41) is 10.2. The van der Waals surface area contributed by atoms with Crippen LogP contribution in [-0.2, 0) is 4.79 Å². The van der Waals surface area contributed by atoms with Crippen molar-refractivity contribution in [1.29, 1.82) is 0 Å². The number of piperidine rings is 1. The van der Waals surface area contributed by atoms with Crippen LogP contribution in [0.2, 0.25) is 0 Å². The summed E-state index contributed by atoms with van der Waals surface area (Å²) in [6, 6.07) is 7.48. The van der Waals surface area contributed by atoms with Crippen LogP contribution >= 0.6 is 0 Å². The minimum atomic E-state index is -1.08. The summed E-state index contributed by atoms with van der Waals surface area (Å²) in [4.78, 5) is 16.6. The molecule has 3 rings (SSSR count). The van der Waals surface area contributed by atoms with Crippen molar-refractivity contribution in [3.63, 3.8) is 0 Å². The van der Waals surface area contributed by atoms with E-state index in [1.807, 2.05) is 0 Å². The van der Waals surface area contributed by atoms with Gasteiger partial charge in [0.25, 0.3) is 5.91 Å². The van der Waals surface area contributed by atoms with Gasteiger partial charge in [-0.3, -0.25) is 9.69 Å². The lowest BCUT2D eigenvalue weighted by atomic mass is 10.0. The Labute approximate surface area is 131 Å². The molecule has 1 aromatic rings. The van der Waals surface area contributed by atoms with Crippen LogP contribution in [0.15, 0.2) is 24.3 Å². The number of aliphatic hydroxyl groups is 1. The fourth-order valence-corrected chi connectivity index (χ4v) is 3.25. The fourth-order valence-electron chi connectivity index (χ4n) is 3.25. The van der Waals surface area contributed by atoms with Crippen LogP contribution in [0.3, 0.4) is 0 Å². The molecule has 1 amide bonds. The van der Waals surface area contributed by atoms with Crippen LogP contribution in [0.4, 0.5) is 0 Å². The second-order valence-corrected chi connectivity index (χ2v) is 6.17. The van der Waals surface area contributed by atoms with Gasteiger partial charge in [-0.15, -0.1) is 0 Å². The number of amides is 1. The molecule has 2 heterocycles. The topological polar surface area (TPSA) is 53.0 Å². The summed E-state index contributed by atoms with van der Waals surface area (Å²) in [6.45, 7) is 3.78. The Kier molecular flexibility index (Phi) is 4.64. The van der Waals surface area contributed by atoms with Crippen LogP contribution in [0.5, 0.6) is 5.75 Å². The number of carbonyl (C=O) groups excluding carboxylic acids is 1. The third-order valence-corrected chi connectivity index (χ3v) is 4.75. The summed E-state index contributed by atoms with van der Waals surface area (Å²) in [5.74, 6) is 0.524. The highest BCUT2D eigenvalue weighted by molar-refractivity contribution is 5.83. The van der Waals surface area contributed by atoms with E-state index in [0.717, 1.165) is 31.9 Å². The van der Waals surface area contributed by atoms with Crippen molar-refractivity contribution in [1.82, 2.24) is 9.80 Å². The van der Waals surface area contributed by atoms with Crippen molar-refractivity contribution in [3.05, 3.63) is 29.8 Å². The number of carbonyl (C=O) groups is 1. The van der Waals surface area contributed by atoms with E-state index in [1.165, 1.54) is 19.3 Å². The van der Waals surface area contributed by atoms with Gasteiger partial charge in [0, 0.05) is 19.1 Å². The van der Waals surface area contributed by atoms with Gasteiger partial charge in [-0.2, -0.15) is 0 Å². The molecule has 2 fully saturated rings. The van der Waals surface area contributed by atoms with Crippen molar-refractivity contribution in [3.8, 4) is 5.75 Å². The van der Waals surface area contributed by atoms with Gasteiger partial charge in [0.05, 0.1) is 7.11 Å². The molecule has 1 aromatic carbocycles. The average Bonchev–Trinajstić information content (AvgIpc) is 2.54. The smallest absolute Gasteiger partial charge is 0.256 e. The first-order valence-electron chi connectivity index (χ1n) is 8.04. The zero-order valence-electron chi connectivity index (χ0n) is 13.1. The largest absolute Gasteiger partial charge is 0.497 e. The number of rotatable bonds is 4. The molecule has 2 saturated heterocycles. The summed E-state index contributed by atoms with van der Waals surface area (Å²) in [7, 11) is 1.59. The maximum atomic E-state index is 12.3. The molecule has 22 heavy (non-hydrogen) atoms. The van der Waals surface area contributed by atoms with Gasteiger partial charge in [-0.1, -0.05) is 18.6 Å². The highest BCUT2D eigenvalue weighted by Gasteiger charge is 2.37. The summed E-state index contributed by atoms with van der Waals surface area (Å²) in [6.07, 6.45) is 2.77. The molecule has 2 aliphatic rings. The molecule has 0 aromatic heterocycles. The van der Waals surface area contributed by atoms with Crippen molar-refractivity contribution >= 4 is 5.91 Å². The fraction of sp³-hybridized carbons (Fsp3) is 0.588. The number of aliphatic hydroxyl groups excluding tert-OH is 1. The second kappa shape index (κ2) is 6.67. The van der Waals surface area contributed by atoms with E-state index in [4.69, 9.17) is 4.74 Å². The van der Waals surface area contributed by atoms with E-state index in [1.54, 1.807) is 36.3 Å². The number of hydrogen-bond acceptors (Lipinski definition) is 4. The minimum absolute atomic E-state index is 0.196. The number of methoxy groups -OCH3 is 1. The molecule has 1 atom stereocenters. The van der Waals surface area contributed by atoms with Gasteiger partial charge >= 0.3 is 0 Å². The maximum Gasteiger partial charge on any atom is 0.256 e. The number of ether oxygens (including phenoxy) is 1. The third-order valence-electron chi connectivity index (χ3n) is 4.75. The molecule has 5 nitrogen and oxygen atoms in total. The predicted octanol–water partition coefficient (Wildman–Crippen LogP) is 1.43. The Balaban J connectivity index is 1.53. The summed E-state index contributed by atoms with van der Waals surface area (Å²) < 4.78 is 5.09. The van der Waals surface area contributed by atoms with E-state index >= 15 is 0 Å². The van der Waals surface area contributed by atoms with Gasteiger partial charge in [-0.25, -0.2) is 0 Å². The van der Waals surface area contributed by atoms with Gasteiger partial charge in [0.15, 0.2) is 6.10 Å². The van der Waals surface area contributed by atoms with Crippen LogP contribution in [0.1, 0.15) is 30.9 Å². The zero-order chi connectivity index (χ0) is 15.5. The molecule has 0 saturated carbocycles. The molecule has 0 spiro atoms. The molecular weight excluding hydrogens is 280 g/mol. The summed E-state index contributed by atoms with van der Waals surface area (Å²) in [5.41, 5.74) is 0.618. The predicted molar refractivity (Wildman–Crippen MR) is 83.7 cm³/mol. The summed E-state index contributed by atoms with van der Waals surface area (Å²) >= 11 is 0. The number of nitrogens with zero attached hydrogens (tertiary/aromatic N) is 2. The lowest BCUT2D eigenvalue weighted by Crippen LogP contribution is -2.62. The number of likely N-dealkylation sites (tertiary alicyclic amines) is 2. The van der Waals surface area contributed by atoms with E-state index in [0.29, 0.717) is 11.6 Å². The maximum absolute atomic E-state index is 12.3. The molecule has 1 N–H and O–H groups in total. The Morgan fingerprint density at radius 1 is 1.18 bits per heavy atom. The highest BCUT2D eigenvalue weighted by atomic mass is 16.5. The SMILES string of the molecule is COc1ccc([C@@H](O)C(=O)N2CC(N3CCCCC3)C2)cc1. The minimum Gasteiger partial charge on any atom is -0.497 e. The Morgan fingerprint density at radius 2 is 1.82 bits per heavy atom. The van der Waals surface area contributed by atoms with Crippen LogP contribution < -0.4 is 4.74 Å². The van der Waals surface area contributed by atoms with Crippen LogP contribution in [0.25, 0.3) is 0 Å². The number of benzene rings is 1. The number of hydrogen-bond donors (Lipinski definition) is 1. The molecule has 120 valence electrons. The standard InChI is InChI=1S/C17H24N2O3/c1-22-15-7-5-13(6-8-15)16(20)17(21)19-11-14(12-19)18-9-3-2-4-10-18/h5-8,14,16,20H,2-4,9-12H2,1H3/t16-/m1/s1. The first-order chi connectivity index (χ1) is 10.7. The van der Waals surface area contributed by atoms with E-state index in [9.17, 15) is 9.90 Å². The Hall–Kier alpha value is -1.59. The lowest BCUT2D eigenvalue weighted by Gasteiger charge is -2.47. The van der Waals surface area contributed by atoms with Crippen LogP contribution in [0, 0.1) is 0 Å². The van der Waals surface area contributed by atoms with E-state index in [2.05, 4.69) is 4.90 Å². The molecule has 2 aliphatic heterocycles. The van der Waals surface area contributed by atoms with Crippen molar-refractivity contribution in [2.75, 3.05) is 33.3 Å². The molecule has 5 heteroatoms. The molecular formula is C17H24N2O3. The first-order valence-corrected chi connectivity index (χ1v) is 8.04. The average molecular weight is 304 g/mol. The van der Waals surface area contributed by atoms with Gasteiger partial charge in [0.2, 0.25) is 0 Å². The molecule has 0 radical (unpaired) electrons. The first kappa shape index (κ1) is 15.3. The third kappa shape index (κ3) is 3.10. The van der Waals surface area contributed by atoms with Crippen LogP contribution in [-0.4, -0.2) is 60.1 Å². The molecule has 0 unspecified atom stereocenters. The zero-order valence-corrected chi connectivity index (χ0v) is 13.1. The van der Waals surface area contributed by atoms with Crippen molar-refractivity contribution in [2.24, 2.45) is 0 Å². The van der Waals surface area contributed by atoms with E-state index in [-0.39, 0.29) is 5.91 Å². The van der Waals surface area contributed by atoms with E-state index < -0.39 is 6.10 Å². The highest BCUT2D eigenvalue weighted by Crippen LogP contribution is 2.25. The van der Waals surface area contributed by atoms with Crippen molar-refractivity contribution < 1.29 is 14.6 Å². The monoisotopic (exact) mass is 304 g/mol. The van der Waals surface area contributed by atoms with Crippen molar-refractivity contribution in [2.45, 2.75) is 31.4 Å². The molecule has 0 aliphatic carbocycles. The quantitative estimate of drug-likeness (QED) is 0.914. The van der Waals surface area contributed by atoms with Gasteiger partial charge < -0.3 is 14.7 Å². The molecule has 0 bridgehead atoms.